The molecule has 0 aromatic heterocycles. The molecule has 28 heavy (non-hydrogen) atoms. The number of phenolic OH excluding ortho intramolecular Hbond substituents is 1. The minimum absolute atomic E-state index is 0.00534. The molecule has 0 bridgehead atoms. The normalized spacial score (nSPS) is 24.2. The van der Waals surface area contributed by atoms with Crippen molar-refractivity contribution in [2.75, 3.05) is 38.0 Å². The number of carbonyl (C=O) groups is 2. The predicted molar refractivity (Wildman–Crippen MR) is 110 cm³/mol. The van der Waals surface area contributed by atoms with E-state index in [1.54, 1.807) is 12.1 Å². The number of anilines is 1. The van der Waals surface area contributed by atoms with Gasteiger partial charge in [0, 0.05) is 24.0 Å². The van der Waals surface area contributed by atoms with Crippen LogP contribution in [0.2, 0.25) is 5.02 Å². The third kappa shape index (κ3) is 5.39. The molecular weight excluding hydrogens is 378 g/mol. The van der Waals surface area contributed by atoms with Crippen molar-refractivity contribution in [3.8, 4) is 5.75 Å². The minimum Gasteiger partial charge on any atom is -0.506 e. The van der Waals surface area contributed by atoms with Gasteiger partial charge in [-0.15, -0.1) is 0 Å². The van der Waals surface area contributed by atoms with E-state index in [9.17, 15) is 14.7 Å². The van der Waals surface area contributed by atoms with E-state index in [2.05, 4.69) is 24.1 Å². The Kier molecular flexibility index (Phi) is 6.83. The van der Waals surface area contributed by atoms with Gasteiger partial charge in [0.25, 0.3) is 0 Å². The molecule has 154 valence electrons. The highest BCUT2D eigenvalue weighted by Gasteiger charge is 2.29. The molecule has 6 nitrogen and oxygen atoms in total. The molecule has 0 radical (unpaired) electrons. The van der Waals surface area contributed by atoms with Gasteiger partial charge in [-0.05, 0) is 62.4 Å². The van der Waals surface area contributed by atoms with Crippen molar-refractivity contribution in [2.45, 2.75) is 33.1 Å². The van der Waals surface area contributed by atoms with Gasteiger partial charge in [0.05, 0.1) is 12.2 Å². The first kappa shape index (κ1) is 20.9. The van der Waals surface area contributed by atoms with E-state index in [0.29, 0.717) is 41.9 Å². The first-order chi connectivity index (χ1) is 13.3. The van der Waals surface area contributed by atoms with Crippen LogP contribution in [0.4, 0.5) is 5.69 Å². The van der Waals surface area contributed by atoms with Crippen LogP contribution < -0.4 is 5.32 Å². The van der Waals surface area contributed by atoms with Crippen molar-refractivity contribution in [1.29, 1.82) is 0 Å². The van der Waals surface area contributed by atoms with Crippen LogP contribution in [0.25, 0.3) is 0 Å². The summed E-state index contributed by atoms with van der Waals surface area (Å²) in [6.45, 7) is 8.00. The number of benzene rings is 1. The first-order valence-electron chi connectivity index (χ1n) is 10.1. The van der Waals surface area contributed by atoms with Gasteiger partial charge < -0.3 is 15.3 Å². The fourth-order valence-corrected chi connectivity index (χ4v) is 4.53. The second-order valence-corrected chi connectivity index (χ2v) is 8.88. The number of halogens is 1. The highest BCUT2D eigenvalue weighted by molar-refractivity contribution is 6.31. The van der Waals surface area contributed by atoms with E-state index in [1.165, 1.54) is 12.5 Å². The van der Waals surface area contributed by atoms with Gasteiger partial charge in [-0.2, -0.15) is 0 Å². The Morgan fingerprint density at radius 3 is 2.46 bits per heavy atom. The average molecular weight is 408 g/mol. The SMILES string of the molecule is CC1CC(C)CN(C(=O)CN2CCC(C(=O)Nc3cc(Cl)ccc3O)CC2)C1. The fourth-order valence-electron chi connectivity index (χ4n) is 4.35. The molecule has 2 saturated heterocycles. The third-order valence-electron chi connectivity index (χ3n) is 5.76. The number of carbonyl (C=O) groups excluding carboxylic acids is 2. The maximum Gasteiger partial charge on any atom is 0.236 e. The summed E-state index contributed by atoms with van der Waals surface area (Å²) in [6.07, 6.45) is 2.59. The Labute approximate surface area is 171 Å². The third-order valence-corrected chi connectivity index (χ3v) is 5.99. The Balaban J connectivity index is 1.47. The summed E-state index contributed by atoms with van der Waals surface area (Å²) in [5.41, 5.74) is 0.337. The van der Waals surface area contributed by atoms with Crippen LogP contribution in [0.5, 0.6) is 5.75 Å². The molecule has 0 aliphatic carbocycles. The van der Waals surface area contributed by atoms with Gasteiger partial charge >= 0.3 is 0 Å². The maximum atomic E-state index is 12.6. The highest BCUT2D eigenvalue weighted by atomic mass is 35.5. The summed E-state index contributed by atoms with van der Waals surface area (Å²) in [5.74, 6) is 1.09. The zero-order valence-corrected chi connectivity index (χ0v) is 17.4. The molecule has 1 aromatic carbocycles. The molecule has 7 heteroatoms. The van der Waals surface area contributed by atoms with Crippen LogP contribution >= 0.6 is 11.6 Å². The summed E-state index contributed by atoms with van der Waals surface area (Å²) < 4.78 is 0. The summed E-state index contributed by atoms with van der Waals surface area (Å²) in [6, 6.07) is 4.59. The number of piperidine rings is 2. The first-order valence-corrected chi connectivity index (χ1v) is 10.5. The van der Waals surface area contributed by atoms with Crippen molar-refractivity contribution in [1.82, 2.24) is 9.80 Å². The summed E-state index contributed by atoms with van der Waals surface area (Å²) >= 11 is 5.93. The van der Waals surface area contributed by atoms with Crippen LogP contribution in [-0.2, 0) is 9.59 Å². The van der Waals surface area contributed by atoms with Crippen molar-refractivity contribution in [3.63, 3.8) is 0 Å². The molecule has 2 atom stereocenters. The highest BCUT2D eigenvalue weighted by Crippen LogP contribution is 2.28. The Bertz CT molecular complexity index is 709. The number of phenols is 1. The van der Waals surface area contributed by atoms with E-state index >= 15 is 0 Å². The second-order valence-electron chi connectivity index (χ2n) is 8.45. The van der Waals surface area contributed by atoms with Crippen molar-refractivity contribution >= 4 is 29.1 Å². The summed E-state index contributed by atoms with van der Waals surface area (Å²) in [7, 11) is 0. The molecule has 2 heterocycles. The predicted octanol–water partition coefficient (Wildman–Crippen LogP) is 3.20. The van der Waals surface area contributed by atoms with E-state index in [1.807, 2.05) is 4.90 Å². The molecule has 1 aromatic rings. The second kappa shape index (κ2) is 9.14. The number of hydrogen-bond donors (Lipinski definition) is 2. The molecular formula is C21H30ClN3O3. The number of nitrogens with zero attached hydrogens (tertiary/aromatic N) is 2. The van der Waals surface area contributed by atoms with E-state index in [4.69, 9.17) is 11.6 Å². The smallest absolute Gasteiger partial charge is 0.236 e. The van der Waals surface area contributed by atoms with E-state index in [-0.39, 0.29) is 23.5 Å². The molecule has 3 rings (SSSR count). The lowest BCUT2D eigenvalue weighted by atomic mass is 9.92. The van der Waals surface area contributed by atoms with Gasteiger partial charge in [-0.1, -0.05) is 25.4 Å². The van der Waals surface area contributed by atoms with Gasteiger partial charge in [0.2, 0.25) is 11.8 Å². The van der Waals surface area contributed by atoms with Gasteiger partial charge in [-0.25, -0.2) is 0 Å². The van der Waals surface area contributed by atoms with Crippen LogP contribution in [0.15, 0.2) is 18.2 Å². The average Bonchev–Trinajstić information content (AvgIpc) is 2.64. The fraction of sp³-hybridized carbons (Fsp3) is 0.619. The van der Waals surface area contributed by atoms with Crippen molar-refractivity contribution in [2.24, 2.45) is 17.8 Å². The molecule has 2 unspecified atom stereocenters. The van der Waals surface area contributed by atoms with Gasteiger partial charge in [0.1, 0.15) is 5.75 Å². The zero-order chi connectivity index (χ0) is 20.3. The van der Waals surface area contributed by atoms with E-state index in [0.717, 1.165) is 26.2 Å². The summed E-state index contributed by atoms with van der Waals surface area (Å²) in [4.78, 5) is 29.3. The number of nitrogens with one attached hydrogen (secondary N) is 1. The topological polar surface area (TPSA) is 72.9 Å². The van der Waals surface area contributed by atoms with Gasteiger partial charge in [-0.3, -0.25) is 14.5 Å². The Hall–Kier alpha value is -1.79. The van der Waals surface area contributed by atoms with E-state index < -0.39 is 0 Å². The number of rotatable bonds is 4. The Morgan fingerprint density at radius 2 is 1.82 bits per heavy atom. The molecule has 2 fully saturated rings. The minimum atomic E-state index is -0.125. The van der Waals surface area contributed by atoms with Crippen molar-refractivity contribution in [3.05, 3.63) is 23.2 Å². The molecule has 0 spiro atoms. The number of amides is 2. The van der Waals surface area contributed by atoms with Crippen LogP contribution in [-0.4, -0.2) is 59.4 Å². The van der Waals surface area contributed by atoms with Crippen LogP contribution in [0, 0.1) is 17.8 Å². The van der Waals surface area contributed by atoms with Gasteiger partial charge in [0.15, 0.2) is 0 Å². The van der Waals surface area contributed by atoms with Crippen molar-refractivity contribution < 1.29 is 14.7 Å². The number of hydrogen-bond acceptors (Lipinski definition) is 4. The van der Waals surface area contributed by atoms with Crippen LogP contribution in [0.3, 0.4) is 0 Å². The molecule has 2 aliphatic heterocycles. The molecule has 0 saturated carbocycles. The number of aromatic hydroxyl groups is 1. The molecule has 2 N–H and O–H groups in total. The largest absolute Gasteiger partial charge is 0.506 e. The quantitative estimate of drug-likeness (QED) is 0.752. The zero-order valence-electron chi connectivity index (χ0n) is 16.7. The standard InChI is InChI=1S/C21H30ClN3O3/c1-14-9-15(2)12-25(11-14)20(27)13-24-7-5-16(6-8-24)21(28)23-18-10-17(22)3-4-19(18)26/h3-4,10,14-16,26H,5-9,11-13H2,1-2H3,(H,23,28). The lowest BCUT2D eigenvalue weighted by Crippen LogP contribution is -2.48. The molecule has 2 amide bonds. The lowest BCUT2D eigenvalue weighted by Gasteiger charge is -2.37. The monoisotopic (exact) mass is 407 g/mol. The molecule has 2 aliphatic rings. The summed E-state index contributed by atoms with van der Waals surface area (Å²) in [5, 5.41) is 13.1. The Morgan fingerprint density at radius 1 is 1.18 bits per heavy atom. The maximum absolute atomic E-state index is 12.6. The lowest BCUT2D eigenvalue weighted by molar-refractivity contribution is -0.135. The van der Waals surface area contributed by atoms with Crippen LogP contribution in [0.1, 0.15) is 33.1 Å². The number of likely N-dealkylation sites (tertiary alicyclic amines) is 2.